The van der Waals surface area contributed by atoms with E-state index in [9.17, 15) is 24.0 Å². The lowest BCUT2D eigenvalue weighted by Gasteiger charge is -2.27. The second kappa shape index (κ2) is 21.9. The largest absolute Gasteiger partial charge is 0.445 e. The van der Waals surface area contributed by atoms with Gasteiger partial charge in [0.15, 0.2) is 5.78 Å². The molecule has 0 saturated heterocycles. The molecule has 252 valence electrons. The van der Waals surface area contributed by atoms with Crippen molar-refractivity contribution >= 4 is 29.6 Å². The number of nitrogens with one attached hydrogen (secondary N) is 4. The minimum Gasteiger partial charge on any atom is -0.445 e. The van der Waals surface area contributed by atoms with Crippen molar-refractivity contribution in [3.05, 3.63) is 48.0 Å². The molecule has 4 amide bonds. The van der Waals surface area contributed by atoms with Crippen LogP contribution >= 0.6 is 0 Å². The minimum atomic E-state index is -0.781. The van der Waals surface area contributed by atoms with E-state index in [1.807, 2.05) is 71.9 Å². The first-order chi connectivity index (χ1) is 21.3. The van der Waals surface area contributed by atoms with Gasteiger partial charge in [-0.2, -0.15) is 0 Å². The number of carbonyl (C=O) groups is 5. The van der Waals surface area contributed by atoms with Gasteiger partial charge in [-0.05, 0) is 68.4 Å². The zero-order chi connectivity index (χ0) is 33.8. The fourth-order valence-electron chi connectivity index (χ4n) is 4.73. The topological polar surface area (TPSA) is 143 Å². The van der Waals surface area contributed by atoms with Gasteiger partial charge in [0.05, 0.1) is 0 Å². The van der Waals surface area contributed by atoms with Gasteiger partial charge in [0.1, 0.15) is 18.7 Å². The van der Waals surface area contributed by atoms with Crippen molar-refractivity contribution in [2.75, 3.05) is 6.54 Å². The van der Waals surface area contributed by atoms with Crippen molar-refractivity contribution in [1.29, 1.82) is 0 Å². The second-order valence-corrected chi connectivity index (χ2v) is 13.0. The van der Waals surface area contributed by atoms with E-state index in [1.54, 1.807) is 6.08 Å². The molecule has 3 atom stereocenters. The average molecular weight is 629 g/mol. The number of hydrogen-bond donors (Lipinski definition) is 4. The van der Waals surface area contributed by atoms with E-state index in [4.69, 9.17) is 4.74 Å². The number of unbranched alkanes of at least 4 members (excludes halogenated alkanes) is 2. The maximum Gasteiger partial charge on any atom is 0.407 e. The summed E-state index contributed by atoms with van der Waals surface area (Å²) in [6.07, 6.45) is 6.44. The Labute approximate surface area is 269 Å². The summed E-state index contributed by atoms with van der Waals surface area (Å²) >= 11 is 0. The number of benzene rings is 1. The Morgan fingerprint density at radius 2 is 1.31 bits per heavy atom. The van der Waals surface area contributed by atoms with Crippen LogP contribution < -0.4 is 21.3 Å². The molecule has 0 aliphatic carbocycles. The molecule has 0 aliphatic rings. The van der Waals surface area contributed by atoms with Crippen molar-refractivity contribution in [2.45, 2.75) is 118 Å². The summed E-state index contributed by atoms with van der Waals surface area (Å²) in [5.41, 5.74) is 0.913. The summed E-state index contributed by atoms with van der Waals surface area (Å²) < 4.78 is 5.19. The predicted molar refractivity (Wildman–Crippen MR) is 177 cm³/mol. The molecule has 0 bridgehead atoms. The average Bonchev–Trinajstić information content (AvgIpc) is 2.95. The molecule has 0 saturated carbocycles. The van der Waals surface area contributed by atoms with Gasteiger partial charge in [-0.1, -0.05) is 84.4 Å². The normalized spacial score (nSPS) is 13.4. The van der Waals surface area contributed by atoms with Crippen LogP contribution in [-0.4, -0.2) is 54.3 Å². The zero-order valence-corrected chi connectivity index (χ0v) is 28.3. The maximum atomic E-state index is 13.4. The first-order valence-electron chi connectivity index (χ1n) is 16.3. The molecule has 0 aliphatic heterocycles. The van der Waals surface area contributed by atoms with Crippen molar-refractivity contribution in [2.24, 2.45) is 17.8 Å². The number of allylic oxidation sites excluding steroid dienone is 1. The second-order valence-electron chi connectivity index (χ2n) is 13.0. The van der Waals surface area contributed by atoms with Crippen LogP contribution in [0.5, 0.6) is 0 Å². The standard InChI is InChI=1S/C35H56N4O6/c1-24(2)20-29(18-17-27(7)40)37-33(42)31(22-26(5)6)39-34(43)30(21-25(3)4)38-32(41)16-12-9-13-19-36-35(44)45-23-28-14-10-8-11-15-28/h8,10-11,14-15,17-18,24-26,29-31H,9,12-13,16,19-23H2,1-7H3,(H,36,44)(H,37,42)(H,38,41)(H,39,43)/b18-17+/t29-,30+,31+/m1/s1. The van der Waals surface area contributed by atoms with Crippen LogP contribution in [0.1, 0.15) is 99.0 Å². The number of amides is 4. The highest BCUT2D eigenvalue weighted by Gasteiger charge is 2.28. The molecule has 1 aromatic carbocycles. The maximum absolute atomic E-state index is 13.4. The van der Waals surface area contributed by atoms with Gasteiger partial charge >= 0.3 is 6.09 Å². The lowest BCUT2D eigenvalue weighted by atomic mass is 9.98. The third kappa shape index (κ3) is 19.3. The van der Waals surface area contributed by atoms with Crippen LogP contribution in [0, 0.1) is 17.8 Å². The molecule has 1 aromatic rings. The third-order valence-electron chi connectivity index (χ3n) is 6.88. The van der Waals surface area contributed by atoms with E-state index < -0.39 is 24.1 Å². The first-order valence-corrected chi connectivity index (χ1v) is 16.3. The molecule has 10 nitrogen and oxygen atoms in total. The summed E-state index contributed by atoms with van der Waals surface area (Å²) in [5, 5.41) is 11.5. The molecule has 0 radical (unpaired) electrons. The number of carbonyl (C=O) groups excluding carboxylic acids is 5. The van der Waals surface area contributed by atoms with Crippen LogP contribution in [0.15, 0.2) is 42.5 Å². The van der Waals surface area contributed by atoms with Crippen LogP contribution in [0.25, 0.3) is 0 Å². The highest BCUT2D eigenvalue weighted by Crippen LogP contribution is 2.12. The van der Waals surface area contributed by atoms with Crippen molar-refractivity contribution in [3.63, 3.8) is 0 Å². The van der Waals surface area contributed by atoms with Gasteiger partial charge in [0.25, 0.3) is 0 Å². The summed E-state index contributed by atoms with van der Waals surface area (Å²) in [7, 11) is 0. The molecule has 10 heteroatoms. The predicted octanol–water partition coefficient (Wildman–Crippen LogP) is 5.21. The lowest BCUT2D eigenvalue weighted by Crippen LogP contribution is -2.55. The number of hydrogen-bond acceptors (Lipinski definition) is 6. The molecule has 0 spiro atoms. The van der Waals surface area contributed by atoms with Crippen LogP contribution in [0.2, 0.25) is 0 Å². The van der Waals surface area contributed by atoms with Crippen molar-refractivity contribution in [3.8, 4) is 0 Å². The van der Waals surface area contributed by atoms with E-state index in [0.29, 0.717) is 38.6 Å². The van der Waals surface area contributed by atoms with E-state index >= 15 is 0 Å². The number of ether oxygens (including phenoxy) is 1. The molecule has 45 heavy (non-hydrogen) atoms. The molecular formula is C35H56N4O6. The van der Waals surface area contributed by atoms with E-state index in [1.165, 1.54) is 13.0 Å². The third-order valence-corrected chi connectivity index (χ3v) is 6.88. The van der Waals surface area contributed by atoms with Gasteiger partial charge in [0.2, 0.25) is 17.7 Å². The van der Waals surface area contributed by atoms with Crippen LogP contribution in [0.3, 0.4) is 0 Å². The Balaban J connectivity index is 2.62. The lowest BCUT2D eigenvalue weighted by molar-refractivity contribution is -0.132. The molecule has 0 aromatic heterocycles. The van der Waals surface area contributed by atoms with E-state index in [2.05, 4.69) is 21.3 Å². The molecule has 0 heterocycles. The Morgan fingerprint density at radius 3 is 1.89 bits per heavy atom. The minimum absolute atomic E-state index is 0.104. The van der Waals surface area contributed by atoms with Crippen LogP contribution in [-0.2, 0) is 30.5 Å². The number of ketones is 1. The van der Waals surface area contributed by atoms with Crippen molar-refractivity contribution in [1.82, 2.24) is 21.3 Å². The van der Waals surface area contributed by atoms with Gasteiger partial charge in [-0.15, -0.1) is 0 Å². The SMILES string of the molecule is CC(=O)/C=C/[C@H](CC(C)C)NC(=O)[C@H](CC(C)C)NC(=O)[C@H](CC(C)C)NC(=O)CCCCCNC(=O)OCc1ccccc1. The van der Waals surface area contributed by atoms with Gasteiger partial charge < -0.3 is 26.0 Å². The monoisotopic (exact) mass is 628 g/mol. The molecule has 0 fully saturated rings. The van der Waals surface area contributed by atoms with E-state index in [0.717, 1.165) is 12.0 Å². The number of alkyl carbamates (subject to hydrolysis) is 1. The van der Waals surface area contributed by atoms with Gasteiger partial charge in [-0.25, -0.2) is 4.79 Å². The fourth-order valence-corrected chi connectivity index (χ4v) is 4.73. The zero-order valence-electron chi connectivity index (χ0n) is 28.3. The summed E-state index contributed by atoms with van der Waals surface area (Å²) in [4.78, 5) is 62.9. The van der Waals surface area contributed by atoms with Crippen molar-refractivity contribution < 1.29 is 28.7 Å². The molecule has 0 unspecified atom stereocenters. The van der Waals surface area contributed by atoms with Gasteiger partial charge in [0, 0.05) is 19.0 Å². The van der Waals surface area contributed by atoms with Gasteiger partial charge in [-0.3, -0.25) is 19.2 Å². The highest BCUT2D eigenvalue weighted by atomic mass is 16.5. The number of rotatable bonds is 21. The highest BCUT2D eigenvalue weighted by molar-refractivity contribution is 5.92. The summed E-state index contributed by atoms with van der Waals surface area (Å²) in [6, 6.07) is 7.54. The Hall–Kier alpha value is -3.69. The Kier molecular flexibility index (Phi) is 19.2. The summed E-state index contributed by atoms with van der Waals surface area (Å²) in [6.45, 7) is 14.1. The molecule has 1 rings (SSSR count). The quantitative estimate of drug-likeness (QED) is 0.109. The Morgan fingerprint density at radius 1 is 0.733 bits per heavy atom. The smallest absolute Gasteiger partial charge is 0.407 e. The Bertz CT molecular complexity index is 1090. The molecule has 4 N–H and O–H groups in total. The molecular weight excluding hydrogens is 572 g/mol. The summed E-state index contributed by atoms with van der Waals surface area (Å²) in [5.74, 6) is -0.489. The first kappa shape index (κ1) is 39.3. The van der Waals surface area contributed by atoms with E-state index in [-0.39, 0.29) is 54.4 Å². The van der Waals surface area contributed by atoms with Crippen LogP contribution in [0.4, 0.5) is 4.79 Å². The fraction of sp³-hybridized carbons (Fsp3) is 0.629.